The molecule has 6 nitrogen and oxygen atoms in total. The second kappa shape index (κ2) is 14.4. The van der Waals surface area contributed by atoms with Gasteiger partial charge in [-0.05, 0) is 64.2 Å². The summed E-state index contributed by atoms with van der Waals surface area (Å²) in [6.45, 7) is 0. The molecule has 2 atom stereocenters. The van der Waals surface area contributed by atoms with Crippen molar-refractivity contribution >= 4 is 23.6 Å². The molecule has 0 N–H and O–H groups in total. The van der Waals surface area contributed by atoms with Gasteiger partial charge in [-0.15, -0.1) is 0 Å². The molecule has 5 fully saturated rings. The van der Waals surface area contributed by atoms with Crippen LogP contribution in [0.5, 0.6) is 0 Å². The van der Waals surface area contributed by atoms with Crippen molar-refractivity contribution in [3.05, 3.63) is 0 Å². The number of hydrogen-bond acceptors (Lipinski definition) is 4. The first-order valence-electron chi connectivity index (χ1n) is 17.3. The molecule has 5 rings (SSSR count). The highest BCUT2D eigenvalue weighted by Gasteiger charge is 2.47. The normalized spacial score (nSPS) is 28.1. The zero-order valence-electron chi connectivity index (χ0n) is 25.0. The van der Waals surface area contributed by atoms with E-state index >= 15 is 0 Å². The van der Waals surface area contributed by atoms with E-state index in [-0.39, 0.29) is 59.4 Å². The molecule has 40 heavy (non-hydrogen) atoms. The smallest absolute Gasteiger partial charge is 0.232 e. The number of carbonyl (C=O) groups excluding carboxylic acids is 4. The molecule has 0 saturated heterocycles. The Kier molecular flexibility index (Phi) is 10.7. The van der Waals surface area contributed by atoms with Gasteiger partial charge in [0.15, 0.2) is 0 Å². The van der Waals surface area contributed by atoms with Crippen LogP contribution in [0.25, 0.3) is 0 Å². The van der Waals surface area contributed by atoms with E-state index in [9.17, 15) is 19.2 Å². The van der Waals surface area contributed by atoms with Gasteiger partial charge in [0.25, 0.3) is 0 Å². The minimum absolute atomic E-state index is 0.00218. The van der Waals surface area contributed by atoms with Crippen molar-refractivity contribution in [3.8, 4) is 0 Å². The first kappa shape index (κ1) is 29.8. The number of rotatable bonds is 6. The van der Waals surface area contributed by atoms with E-state index in [1.165, 1.54) is 0 Å². The molecule has 0 aromatic heterocycles. The standard InChI is InChI=1S/C34H54N2O4/c37-31(25-15-5-1-6-16-25)35(32(38)26-17-7-2-8-18-26)29-23-13-14-24-30(29)36(33(39)27-19-9-3-10-20-27)34(40)28-21-11-4-12-22-28/h25-30H,1-24H2. The molecule has 0 aromatic rings. The van der Waals surface area contributed by atoms with Crippen LogP contribution in [0.3, 0.4) is 0 Å². The van der Waals surface area contributed by atoms with E-state index in [1.54, 1.807) is 9.80 Å². The van der Waals surface area contributed by atoms with Gasteiger partial charge in [-0.25, -0.2) is 0 Å². The maximum atomic E-state index is 14.3. The van der Waals surface area contributed by atoms with E-state index in [0.29, 0.717) is 12.8 Å². The average molecular weight is 555 g/mol. The molecule has 4 amide bonds. The fraction of sp³-hybridized carbons (Fsp3) is 0.882. The Morgan fingerprint density at radius 3 is 0.725 bits per heavy atom. The molecule has 5 aliphatic carbocycles. The second-order valence-corrected chi connectivity index (χ2v) is 13.9. The maximum absolute atomic E-state index is 14.3. The Morgan fingerprint density at radius 2 is 0.500 bits per heavy atom. The first-order valence-corrected chi connectivity index (χ1v) is 17.3. The van der Waals surface area contributed by atoms with Crippen LogP contribution in [0.2, 0.25) is 0 Å². The molecule has 0 spiro atoms. The van der Waals surface area contributed by atoms with Crippen molar-refractivity contribution in [2.24, 2.45) is 23.7 Å². The van der Waals surface area contributed by atoms with Crippen molar-refractivity contribution in [2.45, 2.75) is 166 Å². The van der Waals surface area contributed by atoms with Gasteiger partial charge < -0.3 is 0 Å². The van der Waals surface area contributed by atoms with Crippen molar-refractivity contribution in [2.75, 3.05) is 0 Å². The van der Waals surface area contributed by atoms with Gasteiger partial charge in [-0.2, -0.15) is 0 Å². The molecule has 5 aliphatic rings. The fourth-order valence-electron chi connectivity index (χ4n) is 8.75. The molecular formula is C34H54N2O4. The lowest BCUT2D eigenvalue weighted by atomic mass is 9.80. The molecule has 0 heterocycles. The molecule has 5 saturated carbocycles. The largest absolute Gasteiger partial charge is 0.277 e. The number of imide groups is 2. The van der Waals surface area contributed by atoms with Crippen LogP contribution in [0.15, 0.2) is 0 Å². The third kappa shape index (κ3) is 6.84. The van der Waals surface area contributed by atoms with Gasteiger partial charge in [-0.3, -0.25) is 29.0 Å². The summed E-state index contributed by atoms with van der Waals surface area (Å²) in [6.07, 6.45) is 23.2. The summed E-state index contributed by atoms with van der Waals surface area (Å²) in [4.78, 5) is 60.6. The lowest BCUT2D eigenvalue weighted by Gasteiger charge is -2.47. The van der Waals surface area contributed by atoms with Crippen molar-refractivity contribution < 1.29 is 19.2 Å². The first-order chi connectivity index (χ1) is 19.6. The molecule has 2 unspecified atom stereocenters. The van der Waals surface area contributed by atoms with Crippen LogP contribution in [0.1, 0.15) is 154 Å². The second-order valence-electron chi connectivity index (χ2n) is 13.9. The summed E-state index contributed by atoms with van der Waals surface area (Å²) in [5.74, 6) is -0.379. The zero-order chi connectivity index (χ0) is 27.9. The van der Waals surface area contributed by atoms with Gasteiger partial charge in [0.2, 0.25) is 23.6 Å². The highest BCUT2D eigenvalue weighted by Crippen LogP contribution is 2.38. The summed E-state index contributed by atoms with van der Waals surface area (Å²) >= 11 is 0. The van der Waals surface area contributed by atoms with Gasteiger partial charge in [-0.1, -0.05) is 89.9 Å². The Bertz CT molecular complexity index is 746. The highest BCUT2D eigenvalue weighted by molar-refractivity contribution is 6.00. The molecular weight excluding hydrogens is 500 g/mol. The van der Waals surface area contributed by atoms with Gasteiger partial charge in [0.1, 0.15) is 0 Å². The maximum Gasteiger partial charge on any atom is 0.232 e. The van der Waals surface area contributed by atoms with Crippen molar-refractivity contribution in [1.29, 1.82) is 0 Å². The van der Waals surface area contributed by atoms with Gasteiger partial charge in [0, 0.05) is 23.7 Å². The van der Waals surface area contributed by atoms with Crippen LogP contribution in [-0.4, -0.2) is 45.5 Å². The van der Waals surface area contributed by atoms with E-state index in [0.717, 1.165) is 141 Å². The van der Waals surface area contributed by atoms with Crippen molar-refractivity contribution in [1.82, 2.24) is 9.80 Å². The van der Waals surface area contributed by atoms with E-state index < -0.39 is 0 Å². The Labute approximate surface area is 242 Å². The van der Waals surface area contributed by atoms with Crippen LogP contribution in [0.4, 0.5) is 0 Å². The van der Waals surface area contributed by atoms with Crippen LogP contribution < -0.4 is 0 Å². The third-order valence-electron chi connectivity index (χ3n) is 11.1. The van der Waals surface area contributed by atoms with Crippen LogP contribution >= 0.6 is 0 Å². The van der Waals surface area contributed by atoms with E-state index in [1.807, 2.05) is 0 Å². The third-order valence-corrected chi connectivity index (χ3v) is 11.1. The molecule has 0 bridgehead atoms. The van der Waals surface area contributed by atoms with Crippen molar-refractivity contribution in [3.63, 3.8) is 0 Å². The highest BCUT2D eigenvalue weighted by atomic mass is 16.2. The lowest BCUT2D eigenvalue weighted by molar-refractivity contribution is -0.165. The zero-order valence-corrected chi connectivity index (χ0v) is 25.0. The summed E-state index contributed by atoms with van der Waals surface area (Å²) in [5, 5.41) is 0. The van der Waals surface area contributed by atoms with Crippen LogP contribution in [-0.2, 0) is 19.2 Å². The molecule has 6 heteroatoms. The monoisotopic (exact) mass is 554 g/mol. The van der Waals surface area contributed by atoms with E-state index in [4.69, 9.17) is 0 Å². The summed E-state index contributed by atoms with van der Waals surface area (Å²) in [6, 6.07) is -0.727. The van der Waals surface area contributed by atoms with Gasteiger partial charge in [0.05, 0.1) is 12.1 Å². The van der Waals surface area contributed by atoms with Gasteiger partial charge >= 0.3 is 0 Å². The number of nitrogens with zero attached hydrogens (tertiary/aromatic N) is 2. The fourth-order valence-corrected chi connectivity index (χ4v) is 8.75. The minimum atomic E-state index is -0.363. The molecule has 0 radical (unpaired) electrons. The quantitative estimate of drug-likeness (QED) is 0.322. The Hall–Kier alpha value is -1.72. The SMILES string of the molecule is O=C(C1CCCCC1)N(C(=O)C1CCCCC1)C1CCCCC1N(C(=O)C1CCCCC1)C(=O)C1CCCCC1. The molecule has 0 aliphatic heterocycles. The lowest BCUT2D eigenvalue weighted by Crippen LogP contribution is -2.62. The summed E-state index contributed by atoms with van der Waals surface area (Å²) < 4.78 is 0. The number of amides is 4. The number of carbonyl (C=O) groups is 4. The molecule has 224 valence electrons. The Balaban J connectivity index is 1.48. The summed E-state index contributed by atoms with van der Waals surface area (Å²) in [5.41, 5.74) is 0. The minimum Gasteiger partial charge on any atom is -0.277 e. The topological polar surface area (TPSA) is 74.8 Å². The number of hydrogen-bond donors (Lipinski definition) is 0. The van der Waals surface area contributed by atoms with E-state index in [2.05, 4.69) is 0 Å². The van der Waals surface area contributed by atoms with Crippen LogP contribution in [0, 0.1) is 23.7 Å². The predicted molar refractivity (Wildman–Crippen MR) is 156 cm³/mol. The average Bonchev–Trinajstić information content (AvgIpc) is 3.03. The molecule has 0 aromatic carbocycles. The summed E-state index contributed by atoms with van der Waals surface area (Å²) in [7, 11) is 0. The Morgan fingerprint density at radius 1 is 0.300 bits per heavy atom. The predicted octanol–water partition coefficient (Wildman–Crippen LogP) is 7.33.